The summed E-state index contributed by atoms with van der Waals surface area (Å²) in [6.07, 6.45) is 10.3. The van der Waals surface area contributed by atoms with Crippen molar-refractivity contribution in [1.29, 1.82) is 0 Å². The number of pyridine rings is 1. The van der Waals surface area contributed by atoms with E-state index in [4.69, 9.17) is 14.2 Å². The van der Waals surface area contributed by atoms with Crippen molar-refractivity contribution in [1.82, 2.24) is 4.57 Å². The minimum atomic E-state index is -0.199. The second kappa shape index (κ2) is 13.8. The second-order valence-electron chi connectivity index (χ2n) is 8.79. The minimum absolute atomic E-state index is 0.199. The lowest BCUT2D eigenvalue weighted by Gasteiger charge is -2.17. The molecule has 0 aliphatic heterocycles. The van der Waals surface area contributed by atoms with Crippen LogP contribution in [0.25, 0.3) is 10.9 Å². The predicted molar refractivity (Wildman–Crippen MR) is 138 cm³/mol. The Hall–Kier alpha value is -2.69. The van der Waals surface area contributed by atoms with Gasteiger partial charge in [0.15, 0.2) is 5.75 Å². The number of benzene rings is 1. The third-order valence-electron chi connectivity index (χ3n) is 5.54. The molecular formula is C28H41NO4. The highest BCUT2D eigenvalue weighted by molar-refractivity contribution is 5.89. The molecule has 0 N–H and O–H groups in total. The summed E-state index contributed by atoms with van der Waals surface area (Å²) in [7, 11) is 1.77. The Labute approximate surface area is 199 Å². The van der Waals surface area contributed by atoms with E-state index in [2.05, 4.69) is 40.7 Å². The van der Waals surface area contributed by atoms with E-state index in [0.717, 1.165) is 55.2 Å². The highest BCUT2D eigenvalue weighted by Gasteiger charge is 2.19. The van der Waals surface area contributed by atoms with E-state index >= 15 is 0 Å². The lowest BCUT2D eigenvalue weighted by atomic mass is 10.1. The smallest absolute Gasteiger partial charge is 0.297 e. The van der Waals surface area contributed by atoms with Crippen LogP contribution in [0.3, 0.4) is 0 Å². The van der Waals surface area contributed by atoms with Crippen LogP contribution in [0.15, 0.2) is 46.3 Å². The van der Waals surface area contributed by atoms with Crippen LogP contribution in [-0.2, 0) is 7.05 Å². The van der Waals surface area contributed by atoms with Gasteiger partial charge in [-0.05, 0) is 64.7 Å². The van der Waals surface area contributed by atoms with Gasteiger partial charge in [-0.1, -0.05) is 43.9 Å². The Balaban J connectivity index is 2.33. The lowest BCUT2D eigenvalue weighted by Crippen LogP contribution is -2.21. The minimum Gasteiger partial charge on any atom is -0.494 e. The fraction of sp³-hybridized carbons (Fsp3) is 0.536. The Kier molecular flexibility index (Phi) is 11.1. The van der Waals surface area contributed by atoms with E-state index in [9.17, 15) is 4.79 Å². The van der Waals surface area contributed by atoms with Gasteiger partial charge in [-0.25, -0.2) is 0 Å². The van der Waals surface area contributed by atoms with Crippen molar-refractivity contribution in [2.45, 2.75) is 73.1 Å². The van der Waals surface area contributed by atoms with Crippen LogP contribution in [0.4, 0.5) is 0 Å². The topological polar surface area (TPSA) is 49.7 Å². The molecule has 0 saturated heterocycles. The monoisotopic (exact) mass is 455 g/mol. The van der Waals surface area contributed by atoms with E-state index in [0.29, 0.717) is 25.6 Å². The summed E-state index contributed by atoms with van der Waals surface area (Å²) in [5, 5.41) is 0.857. The maximum atomic E-state index is 13.2. The predicted octanol–water partition coefficient (Wildman–Crippen LogP) is 6.97. The largest absolute Gasteiger partial charge is 0.494 e. The molecule has 0 aliphatic rings. The molecule has 0 atom stereocenters. The Bertz CT molecular complexity index is 1010. The maximum absolute atomic E-state index is 13.2. The molecule has 0 bridgehead atoms. The molecule has 182 valence electrons. The van der Waals surface area contributed by atoms with Crippen LogP contribution in [0.1, 0.15) is 73.1 Å². The number of hydrogen-bond acceptors (Lipinski definition) is 4. The van der Waals surface area contributed by atoms with Crippen LogP contribution < -0.4 is 19.8 Å². The first kappa shape index (κ1) is 26.6. The van der Waals surface area contributed by atoms with E-state index in [1.54, 1.807) is 11.6 Å². The van der Waals surface area contributed by atoms with Gasteiger partial charge in [0.2, 0.25) is 5.75 Å². The summed E-state index contributed by atoms with van der Waals surface area (Å²) in [6.45, 7) is 12.1. The third-order valence-corrected chi connectivity index (χ3v) is 5.54. The third kappa shape index (κ3) is 7.99. The number of nitrogens with zero attached hydrogens (tertiary/aromatic N) is 1. The van der Waals surface area contributed by atoms with Crippen LogP contribution in [-0.4, -0.2) is 24.4 Å². The van der Waals surface area contributed by atoms with Gasteiger partial charge < -0.3 is 18.8 Å². The first-order valence-corrected chi connectivity index (χ1v) is 12.2. The van der Waals surface area contributed by atoms with Crippen molar-refractivity contribution in [3.63, 3.8) is 0 Å². The van der Waals surface area contributed by atoms with Gasteiger partial charge in [0.05, 0.1) is 18.7 Å². The number of aromatic nitrogens is 1. The number of fused-ring (bicyclic) bond motifs is 1. The summed E-state index contributed by atoms with van der Waals surface area (Å²) in [5.74, 6) is 1.56. The first-order valence-electron chi connectivity index (χ1n) is 12.2. The SMILES string of the molecule is CCCCOc1ccc2c(OCCCC)c(OC/C=C(\C)CCC=C(C)C)c(=O)n(C)c2c1. The number of allylic oxidation sites excluding steroid dienone is 3. The molecule has 0 aliphatic carbocycles. The van der Waals surface area contributed by atoms with E-state index in [1.807, 2.05) is 24.3 Å². The molecule has 5 heteroatoms. The molecule has 0 spiro atoms. The van der Waals surface area contributed by atoms with Crippen LogP contribution >= 0.6 is 0 Å². The van der Waals surface area contributed by atoms with Gasteiger partial charge in [-0.15, -0.1) is 0 Å². The average Bonchev–Trinajstić information content (AvgIpc) is 2.79. The molecule has 2 aromatic rings. The van der Waals surface area contributed by atoms with Crippen molar-refractivity contribution in [2.24, 2.45) is 7.05 Å². The molecule has 0 unspecified atom stereocenters. The van der Waals surface area contributed by atoms with E-state index < -0.39 is 0 Å². The van der Waals surface area contributed by atoms with Gasteiger partial charge in [-0.3, -0.25) is 4.79 Å². The summed E-state index contributed by atoms with van der Waals surface area (Å²) in [5.41, 5.74) is 3.15. The lowest BCUT2D eigenvalue weighted by molar-refractivity contribution is 0.278. The number of hydrogen-bond donors (Lipinski definition) is 0. The number of rotatable bonds is 14. The highest BCUT2D eigenvalue weighted by Crippen LogP contribution is 2.34. The first-order chi connectivity index (χ1) is 15.9. The summed E-state index contributed by atoms with van der Waals surface area (Å²) < 4.78 is 19.6. The molecule has 1 aromatic carbocycles. The van der Waals surface area contributed by atoms with Crippen LogP contribution in [0.2, 0.25) is 0 Å². The van der Waals surface area contributed by atoms with Crippen molar-refractivity contribution < 1.29 is 14.2 Å². The van der Waals surface area contributed by atoms with Gasteiger partial charge >= 0.3 is 0 Å². The van der Waals surface area contributed by atoms with Gasteiger partial charge in [0, 0.05) is 18.5 Å². The number of unbranched alkanes of at least 4 members (excludes halogenated alkanes) is 2. The van der Waals surface area contributed by atoms with Crippen molar-refractivity contribution >= 4 is 10.9 Å². The van der Waals surface area contributed by atoms with Crippen LogP contribution in [0.5, 0.6) is 17.2 Å². The number of aryl methyl sites for hydroxylation is 1. The average molecular weight is 456 g/mol. The zero-order valence-corrected chi connectivity index (χ0v) is 21.3. The molecule has 0 saturated carbocycles. The molecule has 0 fully saturated rings. The summed E-state index contributed by atoms with van der Waals surface area (Å²) >= 11 is 0. The summed E-state index contributed by atoms with van der Waals surface area (Å²) in [4.78, 5) is 13.2. The Morgan fingerprint density at radius 1 is 0.939 bits per heavy atom. The second-order valence-corrected chi connectivity index (χ2v) is 8.79. The number of ether oxygens (including phenoxy) is 3. The molecule has 2 rings (SSSR count). The van der Waals surface area contributed by atoms with Crippen molar-refractivity contribution in [2.75, 3.05) is 19.8 Å². The molecule has 33 heavy (non-hydrogen) atoms. The van der Waals surface area contributed by atoms with Crippen molar-refractivity contribution in [3.05, 3.63) is 51.9 Å². The molecular weight excluding hydrogens is 414 g/mol. The van der Waals surface area contributed by atoms with Crippen LogP contribution in [0, 0.1) is 0 Å². The molecule has 5 nitrogen and oxygen atoms in total. The quantitative estimate of drug-likeness (QED) is 0.228. The fourth-order valence-electron chi connectivity index (χ4n) is 3.43. The normalized spacial score (nSPS) is 11.5. The molecule has 0 amide bonds. The Morgan fingerprint density at radius 2 is 1.64 bits per heavy atom. The van der Waals surface area contributed by atoms with Gasteiger partial charge in [0.25, 0.3) is 5.56 Å². The highest BCUT2D eigenvalue weighted by atomic mass is 16.5. The molecule has 1 heterocycles. The van der Waals surface area contributed by atoms with Crippen molar-refractivity contribution in [3.8, 4) is 17.2 Å². The van der Waals surface area contributed by atoms with Gasteiger partial charge in [-0.2, -0.15) is 0 Å². The standard InChI is InChI=1S/C28H41NO4/c1-7-9-17-31-23-14-15-24-25(20-23)29(6)28(30)27(26(24)32-18-10-8-2)33-19-16-22(5)13-11-12-21(3)4/h12,14-16,20H,7-11,13,17-19H2,1-6H3/b22-16+. The summed E-state index contributed by atoms with van der Waals surface area (Å²) in [6, 6.07) is 5.81. The Morgan fingerprint density at radius 3 is 2.30 bits per heavy atom. The van der Waals surface area contributed by atoms with E-state index in [-0.39, 0.29) is 11.3 Å². The zero-order chi connectivity index (χ0) is 24.2. The zero-order valence-electron chi connectivity index (χ0n) is 21.3. The van der Waals surface area contributed by atoms with E-state index in [1.165, 1.54) is 11.1 Å². The van der Waals surface area contributed by atoms with Gasteiger partial charge in [0.1, 0.15) is 12.4 Å². The fourth-order valence-corrected chi connectivity index (χ4v) is 3.43. The molecule has 1 aromatic heterocycles. The molecule has 0 radical (unpaired) electrons. The maximum Gasteiger partial charge on any atom is 0.297 e.